The van der Waals surface area contributed by atoms with Crippen molar-refractivity contribution in [2.75, 3.05) is 41.0 Å². The molecule has 0 saturated carbocycles. The van der Waals surface area contributed by atoms with Crippen LogP contribution in [0.25, 0.3) is 0 Å². The minimum absolute atomic E-state index is 0.0511. The first-order chi connectivity index (χ1) is 9.72. The largest absolute Gasteiger partial charge is 0.493 e. The molecular formula is C14H21N3O3. The molecule has 0 spiro atoms. The van der Waals surface area contributed by atoms with Gasteiger partial charge in [-0.3, -0.25) is 4.99 Å². The first-order valence-electron chi connectivity index (χ1n) is 6.49. The van der Waals surface area contributed by atoms with Crippen LogP contribution in [0.3, 0.4) is 0 Å². The van der Waals surface area contributed by atoms with E-state index in [1.165, 1.54) is 0 Å². The Hall–Kier alpha value is -1.95. The van der Waals surface area contributed by atoms with Crippen LogP contribution in [0.5, 0.6) is 11.5 Å². The van der Waals surface area contributed by atoms with Gasteiger partial charge in [-0.1, -0.05) is 12.1 Å². The quantitative estimate of drug-likeness (QED) is 0.842. The van der Waals surface area contributed by atoms with E-state index in [0.29, 0.717) is 31.4 Å². The third kappa shape index (κ3) is 2.65. The lowest BCUT2D eigenvalue weighted by Gasteiger charge is -2.27. The van der Waals surface area contributed by atoms with Crippen LogP contribution in [-0.4, -0.2) is 51.9 Å². The standard InChI is InChI=1S/C14H21N3O3/c1-18-8-7-17-11(9-16-14(17)15)10-5-4-6-12(19-2)13(10)20-3/h4-6,11H,7-9H2,1-3H3,(H2,15,16). The summed E-state index contributed by atoms with van der Waals surface area (Å²) in [5, 5.41) is 0. The molecule has 0 fully saturated rings. The van der Waals surface area contributed by atoms with Gasteiger partial charge in [0.2, 0.25) is 0 Å². The number of benzene rings is 1. The van der Waals surface area contributed by atoms with Crippen LogP contribution in [0.4, 0.5) is 0 Å². The van der Waals surface area contributed by atoms with Gasteiger partial charge in [0.15, 0.2) is 17.5 Å². The van der Waals surface area contributed by atoms with Crippen LogP contribution in [-0.2, 0) is 4.74 Å². The molecule has 20 heavy (non-hydrogen) atoms. The van der Waals surface area contributed by atoms with Crippen molar-refractivity contribution in [3.8, 4) is 11.5 Å². The minimum Gasteiger partial charge on any atom is -0.493 e. The first kappa shape index (κ1) is 14.5. The fourth-order valence-electron chi connectivity index (χ4n) is 2.43. The lowest BCUT2D eigenvalue weighted by Crippen LogP contribution is -2.38. The van der Waals surface area contributed by atoms with E-state index in [0.717, 1.165) is 11.3 Å². The van der Waals surface area contributed by atoms with Crippen molar-refractivity contribution in [3.05, 3.63) is 23.8 Å². The van der Waals surface area contributed by atoms with Crippen molar-refractivity contribution < 1.29 is 14.2 Å². The number of guanidine groups is 1. The topological polar surface area (TPSA) is 69.3 Å². The number of para-hydroxylation sites is 1. The van der Waals surface area contributed by atoms with Crippen molar-refractivity contribution in [2.24, 2.45) is 10.7 Å². The number of nitrogens with zero attached hydrogens (tertiary/aromatic N) is 2. The molecule has 0 aliphatic carbocycles. The lowest BCUT2D eigenvalue weighted by molar-refractivity contribution is 0.166. The highest BCUT2D eigenvalue weighted by molar-refractivity contribution is 5.80. The number of hydrogen-bond donors (Lipinski definition) is 1. The minimum atomic E-state index is 0.0511. The smallest absolute Gasteiger partial charge is 0.192 e. The van der Waals surface area contributed by atoms with Crippen molar-refractivity contribution in [2.45, 2.75) is 6.04 Å². The highest BCUT2D eigenvalue weighted by Gasteiger charge is 2.30. The number of methoxy groups -OCH3 is 3. The zero-order chi connectivity index (χ0) is 14.5. The molecule has 1 aromatic rings. The van der Waals surface area contributed by atoms with Gasteiger partial charge >= 0.3 is 0 Å². The average molecular weight is 279 g/mol. The van der Waals surface area contributed by atoms with Crippen molar-refractivity contribution >= 4 is 5.96 Å². The van der Waals surface area contributed by atoms with Crippen LogP contribution >= 0.6 is 0 Å². The van der Waals surface area contributed by atoms with E-state index in [1.54, 1.807) is 21.3 Å². The van der Waals surface area contributed by atoms with Gasteiger partial charge in [0.25, 0.3) is 0 Å². The Labute approximate surface area is 119 Å². The first-order valence-corrected chi connectivity index (χ1v) is 6.49. The normalized spacial score (nSPS) is 18.1. The van der Waals surface area contributed by atoms with Crippen LogP contribution in [0.15, 0.2) is 23.2 Å². The molecule has 0 radical (unpaired) electrons. The molecule has 6 nitrogen and oxygen atoms in total. The second-order valence-corrected chi connectivity index (χ2v) is 4.48. The molecule has 0 aromatic heterocycles. The van der Waals surface area contributed by atoms with Crippen molar-refractivity contribution in [1.29, 1.82) is 0 Å². The van der Waals surface area contributed by atoms with Gasteiger partial charge in [-0.15, -0.1) is 0 Å². The molecule has 1 atom stereocenters. The lowest BCUT2D eigenvalue weighted by atomic mass is 10.0. The van der Waals surface area contributed by atoms with Crippen LogP contribution in [0.2, 0.25) is 0 Å². The van der Waals surface area contributed by atoms with Crippen LogP contribution in [0.1, 0.15) is 11.6 Å². The van der Waals surface area contributed by atoms with Crippen LogP contribution < -0.4 is 15.2 Å². The SMILES string of the molecule is COCCN1C(N)=NCC1c1cccc(OC)c1OC. The molecule has 110 valence electrons. The molecule has 1 aliphatic heterocycles. The van der Waals surface area contributed by atoms with Crippen molar-refractivity contribution in [3.63, 3.8) is 0 Å². The Morgan fingerprint density at radius 3 is 2.75 bits per heavy atom. The molecule has 2 rings (SSSR count). The van der Waals surface area contributed by atoms with E-state index in [1.807, 2.05) is 23.1 Å². The van der Waals surface area contributed by atoms with E-state index in [-0.39, 0.29) is 6.04 Å². The summed E-state index contributed by atoms with van der Waals surface area (Å²) < 4.78 is 16.0. The monoisotopic (exact) mass is 279 g/mol. The Morgan fingerprint density at radius 2 is 2.10 bits per heavy atom. The van der Waals surface area contributed by atoms with Gasteiger partial charge in [0.1, 0.15) is 0 Å². The van der Waals surface area contributed by atoms with E-state index < -0.39 is 0 Å². The maximum atomic E-state index is 5.96. The number of nitrogens with two attached hydrogens (primary N) is 1. The highest BCUT2D eigenvalue weighted by Crippen LogP contribution is 2.38. The summed E-state index contributed by atoms with van der Waals surface area (Å²) in [7, 11) is 4.94. The molecule has 1 aromatic carbocycles. The van der Waals surface area contributed by atoms with Gasteiger partial charge in [-0.05, 0) is 6.07 Å². The zero-order valence-electron chi connectivity index (χ0n) is 12.1. The zero-order valence-corrected chi connectivity index (χ0v) is 12.1. The van der Waals surface area contributed by atoms with E-state index >= 15 is 0 Å². The Kier molecular flexibility index (Phi) is 4.68. The molecule has 2 N–H and O–H groups in total. The molecule has 0 bridgehead atoms. The Balaban J connectivity index is 2.31. The molecule has 0 saturated heterocycles. The molecule has 1 unspecified atom stereocenters. The average Bonchev–Trinajstić information content (AvgIpc) is 2.84. The second-order valence-electron chi connectivity index (χ2n) is 4.48. The van der Waals surface area contributed by atoms with Gasteiger partial charge < -0.3 is 24.8 Å². The predicted octanol–water partition coefficient (Wildman–Crippen LogP) is 1.02. The number of aliphatic imine (C=N–C) groups is 1. The highest BCUT2D eigenvalue weighted by atomic mass is 16.5. The third-order valence-electron chi connectivity index (χ3n) is 3.43. The summed E-state index contributed by atoms with van der Waals surface area (Å²) in [5.41, 5.74) is 6.98. The number of ether oxygens (including phenoxy) is 3. The summed E-state index contributed by atoms with van der Waals surface area (Å²) >= 11 is 0. The van der Waals surface area contributed by atoms with E-state index in [2.05, 4.69) is 4.99 Å². The van der Waals surface area contributed by atoms with Gasteiger partial charge in [0, 0.05) is 19.2 Å². The van der Waals surface area contributed by atoms with Crippen LogP contribution in [0, 0.1) is 0 Å². The molecule has 1 aliphatic rings. The van der Waals surface area contributed by atoms with Crippen molar-refractivity contribution in [1.82, 2.24) is 4.90 Å². The Morgan fingerprint density at radius 1 is 1.30 bits per heavy atom. The fourth-order valence-corrected chi connectivity index (χ4v) is 2.43. The fraction of sp³-hybridized carbons (Fsp3) is 0.500. The summed E-state index contributed by atoms with van der Waals surface area (Å²) in [6.45, 7) is 1.90. The van der Waals surface area contributed by atoms with Gasteiger partial charge in [-0.2, -0.15) is 0 Å². The molecule has 1 heterocycles. The summed E-state index contributed by atoms with van der Waals surface area (Å²) in [5.74, 6) is 1.98. The summed E-state index contributed by atoms with van der Waals surface area (Å²) in [6.07, 6.45) is 0. The number of hydrogen-bond acceptors (Lipinski definition) is 6. The van der Waals surface area contributed by atoms with E-state index in [4.69, 9.17) is 19.9 Å². The maximum absolute atomic E-state index is 5.96. The predicted molar refractivity (Wildman–Crippen MR) is 77.4 cm³/mol. The Bertz CT molecular complexity index is 491. The third-order valence-corrected chi connectivity index (χ3v) is 3.43. The molecule has 0 amide bonds. The molecule has 6 heteroatoms. The maximum Gasteiger partial charge on any atom is 0.192 e. The summed E-state index contributed by atoms with van der Waals surface area (Å²) in [4.78, 5) is 6.36. The summed E-state index contributed by atoms with van der Waals surface area (Å²) in [6, 6.07) is 5.89. The van der Waals surface area contributed by atoms with Gasteiger partial charge in [0.05, 0.1) is 33.4 Å². The van der Waals surface area contributed by atoms with Gasteiger partial charge in [-0.25, -0.2) is 0 Å². The second kappa shape index (κ2) is 6.47. The number of rotatable bonds is 6. The van der Waals surface area contributed by atoms with E-state index in [9.17, 15) is 0 Å². The molecular weight excluding hydrogens is 258 g/mol.